The lowest BCUT2D eigenvalue weighted by molar-refractivity contribution is -0.402. The highest BCUT2D eigenvalue weighted by molar-refractivity contribution is 6.33. The van der Waals surface area contributed by atoms with Crippen molar-refractivity contribution in [1.29, 1.82) is 0 Å². The van der Waals surface area contributed by atoms with Crippen molar-refractivity contribution in [3.8, 4) is 0 Å². The second-order valence-corrected chi connectivity index (χ2v) is 4.19. The average Bonchev–Trinajstić information content (AvgIpc) is 2.89. The van der Waals surface area contributed by atoms with Crippen LogP contribution in [0.15, 0.2) is 39.9 Å². The van der Waals surface area contributed by atoms with Crippen molar-refractivity contribution in [2.45, 2.75) is 0 Å². The lowest BCUT2D eigenvalue weighted by Crippen LogP contribution is -2.22. The maximum Gasteiger partial charge on any atom is 0.433 e. The number of hydrogen-bond donors (Lipinski definition) is 1. The fourth-order valence-electron chi connectivity index (χ4n) is 1.43. The van der Waals surface area contributed by atoms with Gasteiger partial charge in [-0.25, -0.2) is 0 Å². The zero-order valence-electron chi connectivity index (χ0n) is 10.3. The molecular weight excluding hydrogens is 302 g/mol. The van der Waals surface area contributed by atoms with Gasteiger partial charge in [0, 0.05) is 10.6 Å². The average molecular weight is 309 g/mol. The Morgan fingerprint density at radius 3 is 2.76 bits per heavy atom. The summed E-state index contributed by atoms with van der Waals surface area (Å²) in [5.41, 5.74) is 2.73. The molecule has 2 rings (SSSR count). The van der Waals surface area contributed by atoms with Crippen molar-refractivity contribution >= 4 is 35.4 Å². The Labute approximate surface area is 122 Å². The minimum atomic E-state index is -1.41. The van der Waals surface area contributed by atoms with Gasteiger partial charge in [0.05, 0.1) is 23.9 Å². The lowest BCUT2D eigenvalue weighted by atomic mass is 10.2. The molecule has 108 valence electrons. The van der Waals surface area contributed by atoms with Crippen LogP contribution in [0.5, 0.6) is 0 Å². The van der Waals surface area contributed by atoms with Crippen molar-refractivity contribution in [3.05, 3.63) is 56.8 Å². The topological polar surface area (TPSA) is 121 Å². The molecule has 0 fully saturated rings. The van der Waals surface area contributed by atoms with E-state index in [4.69, 9.17) is 16.0 Å². The molecule has 0 amide bonds. The summed E-state index contributed by atoms with van der Waals surface area (Å²) in [5, 5.41) is 25.0. The quantitative estimate of drug-likeness (QED) is 0.509. The van der Waals surface area contributed by atoms with Crippen LogP contribution in [0, 0.1) is 10.1 Å². The number of rotatable bonds is 5. The largest absolute Gasteiger partial charge is 0.545 e. The molecular formula is C12H7ClN3O5-. The Bertz CT molecular complexity index is 725. The first-order valence-electron chi connectivity index (χ1n) is 5.51. The summed E-state index contributed by atoms with van der Waals surface area (Å²) >= 11 is 5.69. The third kappa shape index (κ3) is 3.57. The van der Waals surface area contributed by atoms with Crippen LogP contribution in [-0.4, -0.2) is 17.1 Å². The second kappa shape index (κ2) is 6.06. The molecule has 0 aliphatic heterocycles. The van der Waals surface area contributed by atoms with Crippen LogP contribution >= 0.6 is 11.6 Å². The predicted octanol–water partition coefficient (Wildman–Crippen LogP) is 1.65. The van der Waals surface area contributed by atoms with Crippen LogP contribution in [0.1, 0.15) is 16.1 Å². The Morgan fingerprint density at radius 2 is 2.14 bits per heavy atom. The standard InChI is InChI=1S/C12H8ClN3O5/c13-10-3-1-7(5-9(10)12(17)18)15-14-6-8-2-4-11(21-8)16(19)20/h1-6,15H,(H,17,18)/p-1/b14-6-. The first-order chi connectivity index (χ1) is 9.97. The van der Waals surface area contributed by atoms with Gasteiger partial charge in [0.15, 0.2) is 5.76 Å². The molecule has 1 N–H and O–H groups in total. The third-order valence-corrected chi connectivity index (χ3v) is 2.69. The summed E-state index contributed by atoms with van der Waals surface area (Å²) in [6, 6.07) is 6.70. The summed E-state index contributed by atoms with van der Waals surface area (Å²) in [6.07, 6.45) is 1.21. The van der Waals surface area contributed by atoms with Crippen molar-refractivity contribution in [2.24, 2.45) is 5.10 Å². The van der Waals surface area contributed by atoms with Crippen LogP contribution in [0.2, 0.25) is 5.02 Å². The van der Waals surface area contributed by atoms with E-state index < -0.39 is 16.8 Å². The van der Waals surface area contributed by atoms with Crippen molar-refractivity contribution in [2.75, 3.05) is 5.43 Å². The Hall–Kier alpha value is -2.87. The molecule has 0 radical (unpaired) electrons. The van der Waals surface area contributed by atoms with Crippen LogP contribution in [-0.2, 0) is 0 Å². The molecule has 0 saturated heterocycles. The van der Waals surface area contributed by atoms with Gasteiger partial charge in [0.1, 0.15) is 4.92 Å². The molecule has 21 heavy (non-hydrogen) atoms. The number of halogens is 1. The smallest absolute Gasteiger partial charge is 0.433 e. The normalized spacial score (nSPS) is 10.7. The first-order valence-corrected chi connectivity index (χ1v) is 5.89. The minimum Gasteiger partial charge on any atom is -0.545 e. The van der Waals surface area contributed by atoms with E-state index in [1.165, 1.54) is 36.5 Å². The Kier molecular flexibility index (Phi) is 4.19. The molecule has 1 heterocycles. The third-order valence-electron chi connectivity index (χ3n) is 2.36. The SMILES string of the molecule is O=C([O-])c1cc(N/N=C\c2ccc([N+](=O)[O-])o2)ccc1Cl. The molecule has 1 aromatic carbocycles. The number of hydrogen-bond acceptors (Lipinski definition) is 7. The van der Waals surface area contributed by atoms with Gasteiger partial charge < -0.3 is 14.3 Å². The highest BCUT2D eigenvalue weighted by atomic mass is 35.5. The van der Waals surface area contributed by atoms with Gasteiger partial charge in [-0.15, -0.1) is 0 Å². The van der Waals surface area contributed by atoms with Gasteiger partial charge in [-0.2, -0.15) is 5.10 Å². The molecule has 0 atom stereocenters. The number of carboxylic acid groups (broad SMARTS) is 1. The minimum absolute atomic E-state index is 0.0474. The van der Waals surface area contributed by atoms with E-state index in [1.54, 1.807) is 0 Å². The number of nitrogens with one attached hydrogen (secondary N) is 1. The molecule has 0 bridgehead atoms. The molecule has 0 saturated carbocycles. The molecule has 0 spiro atoms. The van der Waals surface area contributed by atoms with Crippen LogP contribution in [0.3, 0.4) is 0 Å². The van der Waals surface area contributed by atoms with E-state index in [2.05, 4.69) is 10.5 Å². The fourth-order valence-corrected chi connectivity index (χ4v) is 1.63. The number of carbonyl (C=O) groups excluding carboxylic acids is 1. The Morgan fingerprint density at radius 1 is 1.38 bits per heavy atom. The maximum absolute atomic E-state index is 10.8. The molecule has 8 nitrogen and oxygen atoms in total. The number of furan rings is 1. The molecule has 1 aromatic heterocycles. The zero-order chi connectivity index (χ0) is 15.4. The number of hydrazone groups is 1. The second-order valence-electron chi connectivity index (χ2n) is 3.79. The van der Waals surface area contributed by atoms with Crippen LogP contribution in [0.25, 0.3) is 0 Å². The number of anilines is 1. The number of nitrogens with zero attached hydrogens (tertiary/aromatic N) is 2. The van der Waals surface area contributed by atoms with Crippen LogP contribution < -0.4 is 10.5 Å². The van der Waals surface area contributed by atoms with Crippen LogP contribution in [0.4, 0.5) is 11.6 Å². The zero-order valence-corrected chi connectivity index (χ0v) is 11.0. The summed E-state index contributed by atoms with van der Waals surface area (Å²) < 4.78 is 4.85. The molecule has 2 aromatic rings. The van der Waals surface area contributed by atoms with Gasteiger partial charge in [-0.1, -0.05) is 11.6 Å². The highest BCUT2D eigenvalue weighted by Gasteiger charge is 2.10. The molecule has 0 aliphatic rings. The van der Waals surface area contributed by atoms with Gasteiger partial charge >= 0.3 is 5.88 Å². The number of nitro groups is 1. The van der Waals surface area contributed by atoms with Gasteiger partial charge in [-0.3, -0.25) is 15.5 Å². The first kappa shape index (κ1) is 14.5. The van der Waals surface area contributed by atoms with Gasteiger partial charge in [-0.05, 0) is 24.3 Å². The number of carboxylic acids is 1. The Balaban J connectivity index is 2.08. The number of benzene rings is 1. The van der Waals surface area contributed by atoms with E-state index in [9.17, 15) is 20.0 Å². The van der Waals surface area contributed by atoms with Gasteiger partial charge in [0.25, 0.3) is 0 Å². The fraction of sp³-hybridized carbons (Fsp3) is 0. The summed E-state index contributed by atoms with van der Waals surface area (Å²) in [6.45, 7) is 0. The van der Waals surface area contributed by atoms with Gasteiger partial charge in [0.2, 0.25) is 0 Å². The molecule has 9 heteroatoms. The maximum atomic E-state index is 10.8. The van der Waals surface area contributed by atoms with Crippen molar-refractivity contribution in [1.82, 2.24) is 0 Å². The summed E-state index contributed by atoms with van der Waals surface area (Å²) in [5.74, 6) is -1.64. The summed E-state index contributed by atoms with van der Waals surface area (Å²) in [4.78, 5) is 20.5. The van der Waals surface area contributed by atoms with E-state index in [0.717, 1.165) is 0 Å². The highest BCUT2D eigenvalue weighted by Crippen LogP contribution is 2.20. The predicted molar refractivity (Wildman–Crippen MR) is 72.4 cm³/mol. The molecule has 0 aliphatic carbocycles. The summed E-state index contributed by atoms with van der Waals surface area (Å²) in [7, 11) is 0. The number of aromatic carboxylic acids is 1. The monoisotopic (exact) mass is 308 g/mol. The van der Waals surface area contributed by atoms with E-state index in [-0.39, 0.29) is 16.3 Å². The van der Waals surface area contributed by atoms with E-state index in [1.807, 2.05) is 0 Å². The molecule has 0 unspecified atom stereocenters. The van der Waals surface area contributed by atoms with Crippen molar-refractivity contribution in [3.63, 3.8) is 0 Å². The lowest BCUT2D eigenvalue weighted by Gasteiger charge is -2.07. The van der Waals surface area contributed by atoms with Crippen molar-refractivity contribution < 1.29 is 19.2 Å². The van der Waals surface area contributed by atoms with E-state index >= 15 is 0 Å². The van der Waals surface area contributed by atoms with E-state index in [0.29, 0.717) is 5.69 Å². The number of carbonyl (C=O) groups is 1.